The largest absolute Gasteiger partial charge is 0.479 e. The minimum absolute atomic E-state index is 0.138. The number of carbonyl (C=O) groups excluding carboxylic acids is 1. The van der Waals surface area contributed by atoms with E-state index in [4.69, 9.17) is 5.11 Å². The van der Waals surface area contributed by atoms with Crippen LogP contribution in [0.15, 0.2) is 22.3 Å². The van der Waals surface area contributed by atoms with E-state index in [2.05, 4.69) is 9.98 Å². The van der Waals surface area contributed by atoms with Gasteiger partial charge >= 0.3 is 5.97 Å². The van der Waals surface area contributed by atoms with E-state index in [1.165, 1.54) is 18.0 Å². The molecule has 0 aromatic carbocycles. The minimum atomic E-state index is -1.29. The van der Waals surface area contributed by atoms with E-state index in [9.17, 15) is 9.59 Å². The van der Waals surface area contributed by atoms with Crippen LogP contribution in [0.3, 0.4) is 0 Å². The Hall–Kier alpha value is -1.98. The molecule has 0 spiro atoms. The standard InChI is InChI=1S/C9H9N3O3/c1-9(7(14)15)5-6(13)11-8-10-3-2-4-12(8)9/h2-4H,5H2,1H3,(H,14,15). The highest BCUT2D eigenvalue weighted by molar-refractivity contribution is 6.06. The number of carbonyl (C=O) groups is 2. The maximum absolute atomic E-state index is 11.3. The van der Waals surface area contributed by atoms with Crippen LogP contribution in [-0.2, 0) is 9.59 Å². The third-order valence-corrected chi connectivity index (χ3v) is 2.44. The summed E-state index contributed by atoms with van der Waals surface area (Å²) in [5, 5.41) is 9.12. The number of hydrogen-bond donors (Lipinski definition) is 1. The predicted molar refractivity (Wildman–Crippen MR) is 52.6 cm³/mol. The fraction of sp³-hybridized carbons (Fsp3) is 0.333. The summed E-state index contributed by atoms with van der Waals surface area (Å²) in [6, 6.07) is 0. The number of carboxylic acids is 1. The van der Waals surface area contributed by atoms with E-state index < -0.39 is 17.4 Å². The maximum atomic E-state index is 11.3. The van der Waals surface area contributed by atoms with E-state index in [0.29, 0.717) is 0 Å². The third kappa shape index (κ3) is 1.34. The summed E-state index contributed by atoms with van der Waals surface area (Å²) in [7, 11) is 0. The number of hydrogen-bond acceptors (Lipinski definition) is 4. The Morgan fingerprint density at radius 2 is 2.40 bits per heavy atom. The molecule has 0 bridgehead atoms. The molecule has 2 heterocycles. The molecule has 2 rings (SSSR count). The Kier molecular flexibility index (Phi) is 1.92. The van der Waals surface area contributed by atoms with E-state index in [1.54, 1.807) is 12.3 Å². The van der Waals surface area contributed by atoms with Crippen LogP contribution in [0.5, 0.6) is 0 Å². The smallest absolute Gasteiger partial charge is 0.330 e. The molecule has 0 saturated carbocycles. The SMILES string of the molecule is CC1(C(=O)O)CC(=O)N=C2N=CC=CN21. The van der Waals surface area contributed by atoms with Crippen molar-refractivity contribution in [1.29, 1.82) is 0 Å². The van der Waals surface area contributed by atoms with Crippen molar-refractivity contribution in [3.05, 3.63) is 12.3 Å². The summed E-state index contributed by atoms with van der Waals surface area (Å²) in [4.78, 5) is 31.3. The van der Waals surface area contributed by atoms with Crippen LogP contribution in [0, 0.1) is 0 Å². The van der Waals surface area contributed by atoms with Gasteiger partial charge in [0.1, 0.15) is 0 Å². The average molecular weight is 207 g/mol. The van der Waals surface area contributed by atoms with Gasteiger partial charge in [0.2, 0.25) is 5.96 Å². The third-order valence-electron chi connectivity index (χ3n) is 2.44. The summed E-state index contributed by atoms with van der Waals surface area (Å²) in [6.45, 7) is 1.48. The Morgan fingerprint density at radius 3 is 3.07 bits per heavy atom. The maximum Gasteiger partial charge on any atom is 0.330 e. The molecule has 6 heteroatoms. The first-order valence-electron chi connectivity index (χ1n) is 4.39. The Labute approximate surface area is 85.6 Å². The van der Waals surface area contributed by atoms with Gasteiger partial charge < -0.3 is 5.11 Å². The molecule has 1 amide bonds. The monoisotopic (exact) mass is 207 g/mol. The van der Waals surface area contributed by atoms with Crippen molar-refractivity contribution in [1.82, 2.24) is 4.90 Å². The molecule has 0 fully saturated rings. The minimum Gasteiger partial charge on any atom is -0.479 e. The number of aliphatic imine (C=N–C) groups is 2. The molecule has 1 atom stereocenters. The molecule has 2 aliphatic heterocycles. The molecule has 0 aromatic heterocycles. The number of aliphatic carboxylic acids is 1. The fourth-order valence-electron chi connectivity index (χ4n) is 1.54. The van der Waals surface area contributed by atoms with Gasteiger partial charge in [-0.2, -0.15) is 4.99 Å². The summed E-state index contributed by atoms with van der Waals surface area (Å²) in [6.07, 6.45) is 4.49. The second-order valence-electron chi connectivity index (χ2n) is 3.55. The number of allylic oxidation sites excluding steroid dienone is 1. The first kappa shape index (κ1) is 9.57. The highest BCUT2D eigenvalue weighted by Crippen LogP contribution is 2.27. The molecule has 0 radical (unpaired) electrons. The van der Waals surface area contributed by atoms with Gasteiger partial charge in [-0.1, -0.05) is 0 Å². The highest BCUT2D eigenvalue weighted by atomic mass is 16.4. The molecule has 6 nitrogen and oxygen atoms in total. The number of nitrogens with zero attached hydrogens (tertiary/aromatic N) is 3. The highest BCUT2D eigenvalue weighted by Gasteiger charge is 2.45. The normalized spacial score (nSPS) is 28.7. The zero-order chi connectivity index (χ0) is 11.1. The van der Waals surface area contributed by atoms with E-state index >= 15 is 0 Å². The van der Waals surface area contributed by atoms with Crippen LogP contribution in [0.1, 0.15) is 13.3 Å². The molecule has 15 heavy (non-hydrogen) atoms. The first-order valence-corrected chi connectivity index (χ1v) is 4.39. The molecular weight excluding hydrogens is 198 g/mol. The molecule has 1 unspecified atom stereocenters. The molecule has 78 valence electrons. The van der Waals surface area contributed by atoms with Crippen molar-refractivity contribution in [3.8, 4) is 0 Å². The van der Waals surface area contributed by atoms with Crippen molar-refractivity contribution in [2.45, 2.75) is 18.9 Å². The topological polar surface area (TPSA) is 82.3 Å². The van der Waals surface area contributed by atoms with Gasteiger partial charge in [-0.15, -0.1) is 0 Å². The van der Waals surface area contributed by atoms with Gasteiger partial charge in [0.15, 0.2) is 5.54 Å². The van der Waals surface area contributed by atoms with Crippen molar-refractivity contribution in [3.63, 3.8) is 0 Å². The number of amides is 1. The van der Waals surface area contributed by atoms with E-state index in [0.717, 1.165) is 0 Å². The molecule has 2 aliphatic rings. The van der Waals surface area contributed by atoms with Crippen molar-refractivity contribution < 1.29 is 14.7 Å². The number of guanidine groups is 1. The first-order chi connectivity index (χ1) is 7.04. The van der Waals surface area contributed by atoms with Gasteiger partial charge in [-0.3, -0.25) is 9.69 Å². The number of fused-ring (bicyclic) bond motifs is 1. The summed E-state index contributed by atoms with van der Waals surface area (Å²) in [5.74, 6) is -1.39. The Morgan fingerprint density at radius 1 is 1.67 bits per heavy atom. The summed E-state index contributed by atoms with van der Waals surface area (Å²) < 4.78 is 0. The van der Waals surface area contributed by atoms with E-state index in [-0.39, 0.29) is 12.4 Å². The van der Waals surface area contributed by atoms with Crippen LogP contribution in [0.4, 0.5) is 0 Å². The van der Waals surface area contributed by atoms with Crippen LogP contribution in [0.2, 0.25) is 0 Å². The van der Waals surface area contributed by atoms with Gasteiger partial charge in [0.25, 0.3) is 5.91 Å². The zero-order valence-electron chi connectivity index (χ0n) is 8.04. The van der Waals surface area contributed by atoms with Crippen molar-refractivity contribution >= 4 is 24.1 Å². The van der Waals surface area contributed by atoms with Crippen LogP contribution in [0.25, 0.3) is 0 Å². The second kappa shape index (κ2) is 3.01. The molecule has 0 saturated heterocycles. The lowest BCUT2D eigenvalue weighted by Crippen LogP contribution is -2.56. The van der Waals surface area contributed by atoms with Gasteiger partial charge in [0, 0.05) is 12.4 Å². The quantitative estimate of drug-likeness (QED) is 0.656. The lowest BCUT2D eigenvalue weighted by atomic mass is 9.94. The fourth-order valence-corrected chi connectivity index (χ4v) is 1.54. The van der Waals surface area contributed by atoms with Gasteiger partial charge in [0.05, 0.1) is 6.42 Å². The van der Waals surface area contributed by atoms with Crippen molar-refractivity contribution in [2.24, 2.45) is 9.98 Å². The zero-order valence-corrected chi connectivity index (χ0v) is 8.04. The van der Waals surface area contributed by atoms with Gasteiger partial charge in [-0.05, 0) is 13.0 Å². The lowest BCUT2D eigenvalue weighted by Gasteiger charge is -2.38. The lowest BCUT2D eigenvalue weighted by molar-refractivity contribution is -0.149. The summed E-state index contributed by atoms with van der Waals surface area (Å²) in [5.41, 5.74) is -1.29. The molecule has 0 aromatic rings. The number of carboxylic acid groups (broad SMARTS) is 1. The van der Waals surface area contributed by atoms with Crippen LogP contribution in [-0.4, -0.2) is 39.6 Å². The van der Waals surface area contributed by atoms with Crippen LogP contribution >= 0.6 is 0 Å². The Bertz CT molecular complexity index is 424. The number of rotatable bonds is 1. The average Bonchev–Trinajstić information content (AvgIpc) is 2.17. The Balaban J connectivity index is 2.50. The van der Waals surface area contributed by atoms with Gasteiger partial charge in [-0.25, -0.2) is 9.79 Å². The molecular formula is C9H9N3O3. The van der Waals surface area contributed by atoms with E-state index in [1.807, 2.05) is 0 Å². The van der Waals surface area contributed by atoms with Crippen molar-refractivity contribution in [2.75, 3.05) is 0 Å². The predicted octanol–water partition coefficient (Wildman–Crippen LogP) is 0.0161. The molecule has 1 N–H and O–H groups in total. The molecule has 0 aliphatic carbocycles. The summed E-state index contributed by atoms with van der Waals surface area (Å²) >= 11 is 0. The second-order valence-corrected chi connectivity index (χ2v) is 3.55. The van der Waals surface area contributed by atoms with Crippen LogP contribution < -0.4 is 0 Å².